The highest BCUT2D eigenvalue weighted by Gasteiger charge is 2.47. The molecule has 2 N–H and O–H groups in total. The maximum atomic E-state index is 12.3. The summed E-state index contributed by atoms with van der Waals surface area (Å²) >= 11 is 0. The first-order chi connectivity index (χ1) is 12.2. The lowest BCUT2D eigenvalue weighted by atomic mass is 9.83. The normalized spacial score (nSPS) is 37.0. The Hall–Kier alpha value is -2.18. The Morgan fingerprint density at radius 3 is 2.62 bits per heavy atom. The van der Waals surface area contributed by atoms with Crippen LogP contribution in [0.2, 0.25) is 0 Å². The van der Waals surface area contributed by atoms with E-state index in [9.17, 15) is 19.8 Å². The lowest BCUT2D eigenvalue weighted by Crippen LogP contribution is -2.42. The first kappa shape index (κ1) is 20.1. The Labute approximate surface area is 153 Å². The van der Waals surface area contributed by atoms with Gasteiger partial charge in [0.1, 0.15) is 18.3 Å². The summed E-state index contributed by atoms with van der Waals surface area (Å²) in [7, 11) is 0. The SMILES string of the molecule is C=C1C(=O)O[C@@H]2/C=C(/C)[C@H](O)C/C=C(\C)[C@H](O)[C@H](OC(=O)/C(C)=C\C)[C@@H]12. The van der Waals surface area contributed by atoms with E-state index in [2.05, 4.69) is 6.58 Å². The van der Waals surface area contributed by atoms with Crippen LogP contribution in [0.25, 0.3) is 0 Å². The average Bonchev–Trinajstić information content (AvgIpc) is 2.88. The highest BCUT2D eigenvalue weighted by atomic mass is 16.6. The van der Waals surface area contributed by atoms with Gasteiger partial charge in [0.15, 0.2) is 0 Å². The largest absolute Gasteiger partial charge is 0.455 e. The summed E-state index contributed by atoms with van der Waals surface area (Å²) in [5, 5.41) is 21.0. The molecule has 6 heteroatoms. The lowest BCUT2D eigenvalue weighted by molar-refractivity contribution is -0.153. The van der Waals surface area contributed by atoms with Gasteiger partial charge in [-0.15, -0.1) is 0 Å². The number of aliphatic hydroxyl groups excluding tert-OH is 2. The van der Waals surface area contributed by atoms with Crippen molar-refractivity contribution in [2.75, 3.05) is 0 Å². The maximum absolute atomic E-state index is 12.3. The molecule has 0 aromatic rings. The summed E-state index contributed by atoms with van der Waals surface area (Å²) in [5.41, 5.74) is 1.71. The molecule has 0 bridgehead atoms. The van der Waals surface area contributed by atoms with Crippen molar-refractivity contribution in [3.8, 4) is 0 Å². The van der Waals surface area contributed by atoms with Gasteiger partial charge >= 0.3 is 11.9 Å². The van der Waals surface area contributed by atoms with E-state index >= 15 is 0 Å². The molecule has 26 heavy (non-hydrogen) atoms. The van der Waals surface area contributed by atoms with Crippen LogP contribution in [-0.2, 0) is 19.1 Å². The van der Waals surface area contributed by atoms with Gasteiger partial charge in [-0.1, -0.05) is 18.7 Å². The minimum Gasteiger partial charge on any atom is -0.455 e. The van der Waals surface area contributed by atoms with Gasteiger partial charge in [0.2, 0.25) is 0 Å². The first-order valence-corrected chi connectivity index (χ1v) is 8.62. The highest BCUT2D eigenvalue weighted by molar-refractivity contribution is 5.92. The second-order valence-electron chi connectivity index (χ2n) is 6.82. The van der Waals surface area contributed by atoms with Crippen LogP contribution in [0.4, 0.5) is 0 Å². The number of hydrogen-bond donors (Lipinski definition) is 2. The van der Waals surface area contributed by atoms with Crippen molar-refractivity contribution in [3.63, 3.8) is 0 Å². The van der Waals surface area contributed by atoms with Gasteiger partial charge in [0, 0.05) is 11.1 Å². The zero-order valence-electron chi connectivity index (χ0n) is 15.6. The van der Waals surface area contributed by atoms with Crippen LogP contribution >= 0.6 is 0 Å². The minimum atomic E-state index is -1.15. The summed E-state index contributed by atoms with van der Waals surface area (Å²) in [6, 6.07) is 0. The lowest BCUT2D eigenvalue weighted by Gasteiger charge is -2.31. The van der Waals surface area contributed by atoms with Crippen molar-refractivity contribution < 1.29 is 29.3 Å². The van der Waals surface area contributed by atoms with E-state index in [1.54, 1.807) is 45.9 Å². The summed E-state index contributed by atoms with van der Waals surface area (Å²) in [6.45, 7) is 10.5. The van der Waals surface area contributed by atoms with Crippen LogP contribution in [0.1, 0.15) is 34.1 Å². The predicted molar refractivity (Wildman–Crippen MR) is 96.0 cm³/mol. The number of hydrogen-bond acceptors (Lipinski definition) is 6. The van der Waals surface area contributed by atoms with Crippen molar-refractivity contribution in [1.82, 2.24) is 0 Å². The molecule has 0 unspecified atom stereocenters. The van der Waals surface area contributed by atoms with Crippen molar-refractivity contribution in [2.24, 2.45) is 5.92 Å². The standard InChI is InChI=1S/C20H26O6/c1-6-10(2)19(23)26-18-16-13(5)20(24)25-15(16)9-12(4)14(21)8-7-11(3)17(18)22/h6-7,9,14-18,21-22H,5,8H2,1-4H3/b10-6-,11-7+,12-9-/t14-,15-,16+,17+,18-/m1/s1. The number of carbonyl (C=O) groups is 2. The molecule has 1 heterocycles. The third kappa shape index (κ3) is 3.97. The summed E-state index contributed by atoms with van der Waals surface area (Å²) in [6.07, 6.45) is 1.54. The zero-order valence-corrected chi connectivity index (χ0v) is 15.6. The smallest absolute Gasteiger partial charge is 0.334 e. The molecule has 1 fully saturated rings. The molecule has 1 aliphatic heterocycles. The third-order valence-electron chi connectivity index (χ3n) is 5.01. The molecule has 1 aliphatic carbocycles. The highest BCUT2D eigenvalue weighted by Crippen LogP contribution is 2.36. The van der Waals surface area contributed by atoms with E-state index in [1.165, 1.54) is 0 Å². The molecule has 2 rings (SSSR count). The molecule has 0 spiro atoms. The Bertz CT molecular complexity index is 699. The molecule has 0 aromatic carbocycles. The summed E-state index contributed by atoms with van der Waals surface area (Å²) in [5.74, 6) is -1.92. The van der Waals surface area contributed by atoms with E-state index in [0.29, 0.717) is 23.1 Å². The minimum absolute atomic E-state index is 0.136. The molecule has 6 nitrogen and oxygen atoms in total. The van der Waals surface area contributed by atoms with Gasteiger partial charge in [-0.2, -0.15) is 0 Å². The number of fused-ring (bicyclic) bond motifs is 1. The Morgan fingerprint density at radius 2 is 2.00 bits per heavy atom. The van der Waals surface area contributed by atoms with E-state index in [1.807, 2.05) is 0 Å². The van der Waals surface area contributed by atoms with Gasteiger partial charge in [0.25, 0.3) is 0 Å². The Kier molecular flexibility index (Phi) is 6.21. The fourth-order valence-electron chi connectivity index (χ4n) is 3.03. The Morgan fingerprint density at radius 1 is 1.35 bits per heavy atom. The van der Waals surface area contributed by atoms with Gasteiger partial charge < -0.3 is 19.7 Å². The molecular formula is C20H26O6. The van der Waals surface area contributed by atoms with Crippen LogP contribution in [0.3, 0.4) is 0 Å². The van der Waals surface area contributed by atoms with Gasteiger partial charge in [-0.05, 0) is 51.3 Å². The fourth-order valence-corrected chi connectivity index (χ4v) is 3.03. The number of carbonyl (C=O) groups excluding carboxylic acids is 2. The van der Waals surface area contributed by atoms with Crippen molar-refractivity contribution in [3.05, 3.63) is 47.1 Å². The maximum Gasteiger partial charge on any atom is 0.334 e. The summed E-state index contributed by atoms with van der Waals surface area (Å²) < 4.78 is 10.9. The topological polar surface area (TPSA) is 93.1 Å². The van der Waals surface area contributed by atoms with Crippen molar-refractivity contribution in [2.45, 2.75) is 58.5 Å². The Balaban J connectivity index is 2.51. The van der Waals surface area contributed by atoms with E-state index in [0.717, 1.165) is 0 Å². The fraction of sp³-hybridized carbons (Fsp3) is 0.500. The molecule has 2 aliphatic rings. The second-order valence-corrected chi connectivity index (χ2v) is 6.82. The second kappa shape index (κ2) is 8.01. The molecule has 5 atom stereocenters. The zero-order chi connectivity index (χ0) is 19.6. The van der Waals surface area contributed by atoms with Gasteiger partial charge in [-0.25, -0.2) is 9.59 Å². The van der Waals surface area contributed by atoms with Crippen LogP contribution in [0, 0.1) is 5.92 Å². The van der Waals surface area contributed by atoms with Crippen molar-refractivity contribution >= 4 is 11.9 Å². The molecule has 0 radical (unpaired) electrons. The van der Waals surface area contributed by atoms with Crippen LogP contribution in [-0.4, -0.2) is 46.6 Å². The molecule has 0 amide bonds. The third-order valence-corrected chi connectivity index (χ3v) is 5.01. The van der Waals surface area contributed by atoms with Gasteiger partial charge in [-0.3, -0.25) is 0 Å². The van der Waals surface area contributed by atoms with E-state index < -0.39 is 42.3 Å². The van der Waals surface area contributed by atoms with Crippen LogP contribution in [0.15, 0.2) is 47.1 Å². The quantitative estimate of drug-likeness (QED) is 0.443. The number of esters is 2. The molecule has 1 saturated heterocycles. The number of ether oxygens (including phenoxy) is 2. The van der Waals surface area contributed by atoms with Crippen LogP contribution < -0.4 is 0 Å². The predicted octanol–water partition coefficient (Wildman–Crippen LogP) is 1.98. The molecule has 0 saturated carbocycles. The average molecular weight is 362 g/mol. The summed E-state index contributed by atoms with van der Waals surface area (Å²) in [4.78, 5) is 24.4. The first-order valence-electron chi connectivity index (χ1n) is 8.62. The number of allylic oxidation sites excluding steroid dienone is 1. The molecule has 0 aromatic heterocycles. The molecule has 142 valence electrons. The van der Waals surface area contributed by atoms with E-state index in [4.69, 9.17) is 9.47 Å². The molecular weight excluding hydrogens is 336 g/mol. The number of aliphatic hydroxyl groups is 2. The van der Waals surface area contributed by atoms with Crippen LogP contribution in [0.5, 0.6) is 0 Å². The van der Waals surface area contributed by atoms with Gasteiger partial charge in [0.05, 0.1) is 12.0 Å². The van der Waals surface area contributed by atoms with E-state index in [-0.39, 0.29) is 5.57 Å². The monoisotopic (exact) mass is 362 g/mol. The number of rotatable bonds is 2. The van der Waals surface area contributed by atoms with Crippen molar-refractivity contribution in [1.29, 1.82) is 0 Å².